The molecule has 2 rings (SSSR count). The van der Waals surface area contributed by atoms with Crippen LogP contribution in [0, 0.1) is 0 Å². The van der Waals surface area contributed by atoms with Gasteiger partial charge in [0.2, 0.25) is 0 Å². The van der Waals surface area contributed by atoms with Crippen LogP contribution in [-0.4, -0.2) is 31.6 Å². The Bertz CT molecular complexity index is 418. The zero-order valence-corrected chi connectivity index (χ0v) is 12.8. The molecule has 1 saturated carbocycles. The summed E-state index contributed by atoms with van der Waals surface area (Å²) in [7, 11) is 1.88. The van der Waals surface area contributed by atoms with Gasteiger partial charge in [-0.3, -0.25) is 4.79 Å². The summed E-state index contributed by atoms with van der Waals surface area (Å²) < 4.78 is 5.76. The minimum Gasteiger partial charge on any atom is -0.490 e. The molecule has 1 unspecified atom stereocenters. The van der Waals surface area contributed by atoms with Gasteiger partial charge in [-0.15, -0.1) is 12.4 Å². The van der Waals surface area contributed by atoms with Crippen molar-refractivity contribution in [2.75, 3.05) is 13.6 Å². The number of carbonyl (C=O) groups excluding carboxylic acids is 1. The molecule has 1 aromatic carbocycles. The number of carbonyl (C=O) groups is 1. The summed E-state index contributed by atoms with van der Waals surface area (Å²) in [5, 5.41) is 5.97. The second kappa shape index (κ2) is 8.12. The lowest BCUT2D eigenvalue weighted by molar-refractivity contribution is 0.0950. The summed E-state index contributed by atoms with van der Waals surface area (Å²) in [4.78, 5) is 11.9. The van der Waals surface area contributed by atoms with Crippen molar-refractivity contribution in [3.63, 3.8) is 0 Å². The molecule has 0 radical (unpaired) electrons. The Kier molecular flexibility index (Phi) is 6.82. The molecule has 4 nitrogen and oxygen atoms in total. The molecule has 1 aliphatic rings. The summed E-state index contributed by atoms with van der Waals surface area (Å²) in [6.45, 7) is 2.64. The van der Waals surface area contributed by atoms with Gasteiger partial charge in [-0.25, -0.2) is 0 Å². The van der Waals surface area contributed by atoms with Crippen molar-refractivity contribution in [2.24, 2.45) is 0 Å². The Balaban J connectivity index is 0.00000200. The van der Waals surface area contributed by atoms with E-state index in [0.717, 1.165) is 18.6 Å². The topological polar surface area (TPSA) is 50.4 Å². The number of rotatable bonds is 6. The van der Waals surface area contributed by atoms with Crippen LogP contribution in [0.3, 0.4) is 0 Å². The highest BCUT2D eigenvalue weighted by Gasteiger charge is 2.19. The summed E-state index contributed by atoms with van der Waals surface area (Å²) in [6.07, 6.45) is 3.92. The van der Waals surface area contributed by atoms with E-state index < -0.39 is 0 Å². The third-order valence-electron chi connectivity index (χ3n) is 3.53. The number of nitrogens with one attached hydrogen (secondary N) is 2. The third kappa shape index (κ3) is 4.69. The molecule has 1 atom stereocenters. The molecule has 5 heteroatoms. The first-order chi connectivity index (χ1) is 9.19. The van der Waals surface area contributed by atoms with E-state index in [1.165, 1.54) is 6.42 Å². The Morgan fingerprint density at radius 1 is 1.35 bits per heavy atom. The largest absolute Gasteiger partial charge is 0.490 e. The Morgan fingerprint density at radius 2 is 2.00 bits per heavy atom. The maximum atomic E-state index is 11.9. The SMILES string of the molecule is CNC(C)CNC(=O)c1ccc(OC2CCC2)cc1.Cl. The fraction of sp³-hybridized carbons (Fsp3) is 0.533. The summed E-state index contributed by atoms with van der Waals surface area (Å²) in [6, 6.07) is 7.63. The molecule has 20 heavy (non-hydrogen) atoms. The van der Waals surface area contributed by atoms with Crippen molar-refractivity contribution in [2.45, 2.75) is 38.3 Å². The first-order valence-corrected chi connectivity index (χ1v) is 6.91. The zero-order chi connectivity index (χ0) is 13.7. The van der Waals surface area contributed by atoms with E-state index in [-0.39, 0.29) is 24.4 Å². The van der Waals surface area contributed by atoms with E-state index in [4.69, 9.17) is 4.74 Å². The number of benzene rings is 1. The maximum Gasteiger partial charge on any atom is 0.251 e. The number of amides is 1. The highest BCUT2D eigenvalue weighted by molar-refractivity contribution is 5.94. The smallest absolute Gasteiger partial charge is 0.251 e. The number of halogens is 1. The number of ether oxygens (including phenoxy) is 1. The molecule has 0 bridgehead atoms. The average molecular weight is 299 g/mol. The van der Waals surface area contributed by atoms with Crippen molar-refractivity contribution < 1.29 is 9.53 Å². The Morgan fingerprint density at radius 3 is 2.50 bits per heavy atom. The van der Waals surface area contributed by atoms with Gasteiger partial charge in [0.1, 0.15) is 5.75 Å². The van der Waals surface area contributed by atoms with Gasteiger partial charge in [0.05, 0.1) is 6.10 Å². The molecule has 0 saturated heterocycles. The predicted octanol–water partition coefficient (Wildman–Crippen LogP) is 2.38. The minimum absolute atomic E-state index is 0. The first-order valence-electron chi connectivity index (χ1n) is 6.91. The molecule has 1 amide bonds. The van der Waals surface area contributed by atoms with Gasteiger partial charge >= 0.3 is 0 Å². The lowest BCUT2D eigenvalue weighted by Gasteiger charge is -2.26. The van der Waals surface area contributed by atoms with Crippen molar-refractivity contribution in [1.29, 1.82) is 0 Å². The van der Waals surface area contributed by atoms with E-state index in [0.29, 0.717) is 18.2 Å². The maximum absolute atomic E-state index is 11.9. The van der Waals surface area contributed by atoms with Crippen LogP contribution in [0.25, 0.3) is 0 Å². The first kappa shape index (κ1) is 16.8. The van der Waals surface area contributed by atoms with Crippen molar-refractivity contribution in [3.8, 4) is 5.75 Å². The normalized spacial score (nSPS) is 15.7. The average Bonchev–Trinajstić information content (AvgIpc) is 2.40. The molecule has 2 N–H and O–H groups in total. The highest BCUT2D eigenvalue weighted by Crippen LogP contribution is 2.25. The Hall–Kier alpha value is -1.26. The van der Waals surface area contributed by atoms with Crippen LogP contribution in [0.4, 0.5) is 0 Å². The fourth-order valence-corrected chi connectivity index (χ4v) is 1.82. The highest BCUT2D eigenvalue weighted by atomic mass is 35.5. The number of likely N-dealkylation sites (N-methyl/N-ethyl adjacent to an activating group) is 1. The van der Waals surface area contributed by atoms with E-state index in [2.05, 4.69) is 10.6 Å². The summed E-state index contributed by atoms with van der Waals surface area (Å²) in [5.41, 5.74) is 0.671. The van der Waals surface area contributed by atoms with Crippen molar-refractivity contribution in [3.05, 3.63) is 29.8 Å². The van der Waals surface area contributed by atoms with Gasteiger partial charge in [0.15, 0.2) is 0 Å². The molecular weight excluding hydrogens is 276 g/mol. The molecule has 0 heterocycles. The van der Waals surface area contributed by atoms with E-state index in [9.17, 15) is 4.79 Å². The molecule has 0 aliphatic heterocycles. The number of hydrogen-bond acceptors (Lipinski definition) is 3. The van der Waals surface area contributed by atoms with E-state index >= 15 is 0 Å². The third-order valence-corrected chi connectivity index (χ3v) is 3.53. The van der Waals surface area contributed by atoms with E-state index in [1.54, 1.807) is 0 Å². The standard InChI is InChI=1S/C15H22N2O2.ClH/c1-11(16-2)10-17-15(18)12-6-8-14(9-7-12)19-13-4-3-5-13;/h6-9,11,13,16H,3-5,10H2,1-2H3,(H,17,18);1H. The molecule has 1 aromatic rings. The van der Waals surface area contributed by atoms with Gasteiger partial charge in [-0.05, 0) is 57.5 Å². The molecule has 1 fully saturated rings. The lowest BCUT2D eigenvalue weighted by atomic mass is 9.96. The predicted molar refractivity (Wildman–Crippen MR) is 82.8 cm³/mol. The van der Waals surface area contributed by atoms with Crippen LogP contribution in [0.1, 0.15) is 36.5 Å². The van der Waals surface area contributed by atoms with Gasteiger partial charge in [0.25, 0.3) is 5.91 Å². The molecule has 112 valence electrons. The van der Waals surface area contributed by atoms with Crippen LogP contribution in [0.5, 0.6) is 5.75 Å². The Labute approximate surface area is 126 Å². The van der Waals surface area contributed by atoms with Crippen LogP contribution in [0.2, 0.25) is 0 Å². The van der Waals surface area contributed by atoms with Crippen molar-refractivity contribution >= 4 is 18.3 Å². The van der Waals surface area contributed by atoms with Crippen LogP contribution in [0.15, 0.2) is 24.3 Å². The quantitative estimate of drug-likeness (QED) is 0.848. The van der Waals surface area contributed by atoms with E-state index in [1.807, 2.05) is 38.2 Å². The van der Waals surface area contributed by atoms with Gasteiger partial charge < -0.3 is 15.4 Å². The molecular formula is C15H23ClN2O2. The van der Waals surface area contributed by atoms with Crippen molar-refractivity contribution in [1.82, 2.24) is 10.6 Å². The van der Waals surface area contributed by atoms with Crippen LogP contribution in [-0.2, 0) is 0 Å². The monoisotopic (exact) mass is 298 g/mol. The second-order valence-corrected chi connectivity index (χ2v) is 5.09. The van der Waals surface area contributed by atoms with Gasteiger partial charge in [-0.1, -0.05) is 0 Å². The van der Waals surface area contributed by atoms with Gasteiger partial charge in [0, 0.05) is 18.2 Å². The zero-order valence-electron chi connectivity index (χ0n) is 12.0. The second-order valence-electron chi connectivity index (χ2n) is 5.09. The summed E-state index contributed by atoms with van der Waals surface area (Å²) >= 11 is 0. The lowest BCUT2D eigenvalue weighted by Crippen LogP contribution is -2.37. The molecule has 0 spiro atoms. The molecule has 0 aromatic heterocycles. The van der Waals surface area contributed by atoms with Gasteiger partial charge in [-0.2, -0.15) is 0 Å². The van der Waals surface area contributed by atoms with Crippen LogP contribution >= 0.6 is 12.4 Å². The van der Waals surface area contributed by atoms with Crippen LogP contribution < -0.4 is 15.4 Å². The number of hydrogen-bond donors (Lipinski definition) is 2. The summed E-state index contributed by atoms with van der Waals surface area (Å²) in [5.74, 6) is 0.808. The minimum atomic E-state index is -0.0442. The fourth-order valence-electron chi connectivity index (χ4n) is 1.82. The molecule has 1 aliphatic carbocycles.